The molecule has 5 aromatic rings. The predicted molar refractivity (Wildman–Crippen MR) is 123 cm³/mol. The van der Waals surface area contributed by atoms with Gasteiger partial charge >= 0.3 is 0 Å². The summed E-state index contributed by atoms with van der Waals surface area (Å²) in [7, 11) is 0. The quantitative estimate of drug-likeness (QED) is 0.438. The van der Waals surface area contributed by atoms with Gasteiger partial charge in [0.05, 0.1) is 12.2 Å². The normalized spacial score (nSPS) is 15.0. The number of rotatable bonds is 3. The number of fused-ring (bicyclic) bond motifs is 2. The summed E-state index contributed by atoms with van der Waals surface area (Å²) < 4.78 is 8.11. The number of nitrogens with two attached hydrogens (primary N) is 1. The van der Waals surface area contributed by atoms with Crippen LogP contribution in [0.5, 0.6) is 0 Å². The van der Waals surface area contributed by atoms with Gasteiger partial charge in [-0.25, -0.2) is 4.98 Å². The largest absolute Gasteiger partial charge is 0.452 e. The molecule has 1 aromatic carbocycles. The number of hydrogen-bond donors (Lipinski definition) is 2. The lowest BCUT2D eigenvalue weighted by Crippen LogP contribution is -2.37. The summed E-state index contributed by atoms with van der Waals surface area (Å²) in [6.45, 7) is 3.13. The smallest absolute Gasteiger partial charge is 0.219 e. The number of aromatic amines is 1. The van der Waals surface area contributed by atoms with Crippen LogP contribution in [0.3, 0.4) is 0 Å². The Bertz CT molecular complexity index is 1490. The average Bonchev–Trinajstić information content (AvgIpc) is 3.58. The number of nitrogens with one attached hydrogen (secondary N) is 1. The highest BCUT2D eigenvalue weighted by atomic mass is 16.3. The standard InChI is InChI=1S/C23H22N8O2/c1-13(32)30-6-4-16(5-7-30)31-12-15(10-26-31)18-11-25-23(24)22-17(18)9-21(33-22)14-2-3-19-20(8-14)28-29-27-19/h2-3,8-12,16H,4-7H2,1H3,(H2,24,25)(H,27,28,29). The first-order valence-corrected chi connectivity index (χ1v) is 10.9. The predicted octanol–water partition coefficient (Wildman–Crippen LogP) is 3.40. The van der Waals surface area contributed by atoms with Crippen LogP contribution in [0.4, 0.5) is 5.82 Å². The van der Waals surface area contributed by atoms with Crippen molar-refractivity contribution in [3.8, 4) is 22.5 Å². The van der Waals surface area contributed by atoms with Gasteiger partial charge in [-0.15, -0.1) is 0 Å². The van der Waals surface area contributed by atoms with E-state index in [-0.39, 0.29) is 11.9 Å². The molecule has 1 amide bonds. The first-order valence-electron chi connectivity index (χ1n) is 10.9. The van der Waals surface area contributed by atoms with Crippen LogP contribution in [-0.4, -0.2) is 54.1 Å². The zero-order valence-electron chi connectivity index (χ0n) is 18.0. The van der Waals surface area contributed by atoms with E-state index in [0.29, 0.717) is 17.2 Å². The Morgan fingerprint density at radius 2 is 1.94 bits per heavy atom. The van der Waals surface area contributed by atoms with Crippen molar-refractivity contribution in [1.29, 1.82) is 0 Å². The number of nitrogens with zero attached hydrogens (tertiary/aromatic N) is 6. The van der Waals surface area contributed by atoms with E-state index in [1.54, 1.807) is 13.1 Å². The molecule has 0 atom stereocenters. The molecular formula is C23H22N8O2. The van der Waals surface area contributed by atoms with E-state index in [4.69, 9.17) is 10.2 Å². The number of piperidine rings is 1. The molecule has 0 saturated carbocycles. The number of H-pyrrole nitrogens is 1. The molecular weight excluding hydrogens is 420 g/mol. The summed E-state index contributed by atoms with van der Waals surface area (Å²) in [6.07, 6.45) is 7.41. The Morgan fingerprint density at radius 1 is 1.12 bits per heavy atom. The topological polar surface area (TPSA) is 132 Å². The van der Waals surface area contributed by atoms with Crippen LogP contribution >= 0.6 is 0 Å². The minimum absolute atomic E-state index is 0.128. The number of aromatic nitrogens is 6. The van der Waals surface area contributed by atoms with Gasteiger partial charge in [-0.05, 0) is 37.1 Å². The van der Waals surface area contributed by atoms with E-state index in [1.165, 1.54) is 0 Å². The van der Waals surface area contributed by atoms with Crippen molar-refractivity contribution in [3.63, 3.8) is 0 Å². The average molecular weight is 442 g/mol. The number of nitrogen functional groups attached to an aromatic ring is 1. The molecule has 166 valence electrons. The van der Waals surface area contributed by atoms with Crippen molar-refractivity contribution in [1.82, 2.24) is 35.1 Å². The van der Waals surface area contributed by atoms with Gasteiger partial charge in [0.1, 0.15) is 16.8 Å². The molecule has 0 aliphatic carbocycles. The van der Waals surface area contributed by atoms with Gasteiger partial charge in [-0.1, -0.05) is 0 Å². The molecule has 33 heavy (non-hydrogen) atoms. The summed E-state index contributed by atoms with van der Waals surface area (Å²) in [4.78, 5) is 17.9. The van der Waals surface area contributed by atoms with Crippen LogP contribution in [-0.2, 0) is 4.79 Å². The first-order chi connectivity index (χ1) is 16.1. The molecule has 1 aliphatic rings. The van der Waals surface area contributed by atoms with Crippen LogP contribution in [0, 0.1) is 0 Å². The number of pyridine rings is 1. The van der Waals surface area contributed by atoms with Gasteiger partial charge in [0.2, 0.25) is 5.91 Å². The third-order valence-electron chi connectivity index (χ3n) is 6.38. The Labute approximate surface area is 188 Å². The maximum absolute atomic E-state index is 11.6. The highest BCUT2D eigenvalue weighted by Gasteiger charge is 2.23. The molecule has 3 N–H and O–H groups in total. The summed E-state index contributed by atoms with van der Waals surface area (Å²) >= 11 is 0. The molecule has 1 aliphatic heterocycles. The second kappa shape index (κ2) is 7.44. The maximum Gasteiger partial charge on any atom is 0.219 e. The van der Waals surface area contributed by atoms with Gasteiger partial charge in [-0.3, -0.25) is 9.48 Å². The SMILES string of the molecule is CC(=O)N1CCC(n2cc(-c3cnc(N)c4oc(-c5ccc6n[nH]nc6c5)cc34)cn2)CC1. The van der Waals surface area contributed by atoms with Gasteiger partial charge in [0.25, 0.3) is 0 Å². The van der Waals surface area contributed by atoms with Gasteiger partial charge < -0.3 is 15.1 Å². The fraction of sp³-hybridized carbons (Fsp3) is 0.261. The van der Waals surface area contributed by atoms with Gasteiger partial charge in [0, 0.05) is 54.5 Å². The third kappa shape index (κ3) is 3.30. The molecule has 0 spiro atoms. The molecule has 10 nitrogen and oxygen atoms in total. The maximum atomic E-state index is 11.6. The van der Waals surface area contributed by atoms with Crippen LogP contribution in [0.1, 0.15) is 25.8 Å². The molecule has 0 unspecified atom stereocenters. The van der Waals surface area contributed by atoms with E-state index < -0.39 is 0 Å². The number of likely N-dealkylation sites (tertiary alicyclic amines) is 1. The van der Waals surface area contributed by atoms with Crippen molar-refractivity contribution in [3.05, 3.63) is 42.9 Å². The number of carbonyl (C=O) groups excluding carboxylic acids is 1. The Balaban J connectivity index is 1.35. The van der Waals surface area contributed by atoms with Crippen LogP contribution < -0.4 is 5.73 Å². The highest BCUT2D eigenvalue weighted by molar-refractivity contribution is 6.00. The molecule has 0 radical (unpaired) electrons. The Kier molecular flexibility index (Phi) is 4.39. The third-order valence-corrected chi connectivity index (χ3v) is 6.38. The van der Waals surface area contributed by atoms with E-state index in [0.717, 1.165) is 59.0 Å². The van der Waals surface area contributed by atoms with E-state index in [9.17, 15) is 4.79 Å². The van der Waals surface area contributed by atoms with Crippen LogP contribution in [0.2, 0.25) is 0 Å². The summed E-state index contributed by atoms with van der Waals surface area (Å²) in [5, 5.41) is 16.4. The van der Waals surface area contributed by atoms with Gasteiger partial charge in [0.15, 0.2) is 11.4 Å². The number of amides is 1. The van der Waals surface area contributed by atoms with Crippen LogP contribution in [0.15, 0.2) is 47.3 Å². The van der Waals surface area contributed by atoms with Crippen molar-refractivity contribution >= 4 is 33.7 Å². The van der Waals surface area contributed by atoms with Crippen molar-refractivity contribution in [2.45, 2.75) is 25.8 Å². The summed E-state index contributed by atoms with van der Waals surface area (Å²) in [5.41, 5.74) is 11.0. The molecule has 6 rings (SSSR count). The fourth-order valence-corrected chi connectivity index (χ4v) is 4.53. The van der Waals surface area contributed by atoms with E-state index in [1.807, 2.05) is 46.2 Å². The zero-order chi connectivity index (χ0) is 22.5. The number of hydrogen-bond acceptors (Lipinski definition) is 7. The lowest BCUT2D eigenvalue weighted by molar-refractivity contribution is -0.130. The van der Waals surface area contributed by atoms with Crippen molar-refractivity contribution in [2.24, 2.45) is 0 Å². The lowest BCUT2D eigenvalue weighted by Gasteiger charge is -2.31. The van der Waals surface area contributed by atoms with E-state index >= 15 is 0 Å². The van der Waals surface area contributed by atoms with Crippen molar-refractivity contribution < 1.29 is 9.21 Å². The minimum Gasteiger partial charge on any atom is -0.452 e. The zero-order valence-corrected chi connectivity index (χ0v) is 18.0. The summed E-state index contributed by atoms with van der Waals surface area (Å²) in [5.74, 6) is 1.15. The van der Waals surface area contributed by atoms with Crippen molar-refractivity contribution in [2.75, 3.05) is 18.8 Å². The Morgan fingerprint density at radius 3 is 2.76 bits per heavy atom. The second-order valence-corrected chi connectivity index (χ2v) is 8.38. The van der Waals surface area contributed by atoms with E-state index in [2.05, 4.69) is 25.5 Å². The van der Waals surface area contributed by atoms with Crippen LogP contribution in [0.25, 0.3) is 44.5 Å². The number of anilines is 1. The minimum atomic E-state index is 0.128. The highest BCUT2D eigenvalue weighted by Crippen LogP contribution is 2.37. The van der Waals surface area contributed by atoms with Gasteiger partial charge in [-0.2, -0.15) is 20.5 Å². The molecule has 10 heteroatoms. The lowest BCUT2D eigenvalue weighted by atomic mass is 10.0. The number of carbonyl (C=O) groups is 1. The Hall–Kier alpha value is -4.21. The molecule has 1 fully saturated rings. The number of benzene rings is 1. The fourth-order valence-electron chi connectivity index (χ4n) is 4.53. The number of furan rings is 1. The second-order valence-electron chi connectivity index (χ2n) is 8.38. The monoisotopic (exact) mass is 442 g/mol. The first kappa shape index (κ1) is 19.5. The molecule has 1 saturated heterocycles. The summed E-state index contributed by atoms with van der Waals surface area (Å²) in [6, 6.07) is 8.00. The molecule has 5 heterocycles. The molecule has 4 aromatic heterocycles. The molecule has 0 bridgehead atoms.